The second-order valence-electron chi connectivity index (χ2n) is 12.4. The van der Waals surface area contributed by atoms with E-state index in [1.54, 1.807) is 0 Å². The smallest absolute Gasteiger partial charge is 0.326 e. The van der Waals surface area contributed by atoms with Crippen molar-refractivity contribution >= 4 is 41.8 Å². The van der Waals surface area contributed by atoms with E-state index in [4.69, 9.17) is 16.2 Å². The van der Waals surface area contributed by atoms with Crippen LogP contribution in [0.4, 0.5) is 0 Å². The maximum Gasteiger partial charge on any atom is 0.326 e. The Balaban J connectivity index is 4.32. The van der Waals surface area contributed by atoms with Gasteiger partial charge in [-0.1, -0.05) is 77.0 Å². The average Bonchev–Trinajstić information content (AvgIpc) is 3.03. The fraction of sp³-hybridized carbons (Fsp3) is 0.794. The van der Waals surface area contributed by atoms with Gasteiger partial charge in [0.05, 0.1) is 0 Å². The largest absolute Gasteiger partial charge is 0.481 e. The summed E-state index contributed by atoms with van der Waals surface area (Å²) in [7, 11) is 0. The number of carboxylic acids is 3. The van der Waals surface area contributed by atoms with Crippen LogP contribution in [-0.2, 0) is 28.8 Å². The molecule has 0 bridgehead atoms. The van der Waals surface area contributed by atoms with Crippen molar-refractivity contribution in [1.29, 1.82) is 5.41 Å². The number of nitrogens with two attached hydrogens (primary N) is 1. The minimum Gasteiger partial charge on any atom is -0.481 e. The lowest BCUT2D eigenvalue weighted by molar-refractivity contribution is -0.142. The summed E-state index contributed by atoms with van der Waals surface area (Å²) in [6.07, 6.45) is 17.3. The lowest BCUT2D eigenvalue weighted by Gasteiger charge is -2.22. The Labute approximate surface area is 285 Å². The van der Waals surface area contributed by atoms with Crippen LogP contribution >= 0.6 is 0 Å². The van der Waals surface area contributed by atoms with E-state index < -0.39 is 53.8 Å². The molecule has 3 amide bonds. The van der Waals surface area contributed by atoms with Crippen molar-refractivity contribution in [3.8, 4) is 0 Å². The van der Waals surface area contributed by atoms with Crippen LogP contribution in [-0.4, -0.2) is 81.8 Å². The number of carbonyl (C=O) groups excluding carboxylic acids is 3. The monoisotopic (exact) mass is 683 g/mol. The van der Waals surface area contributed by atoms with Gasteiger partial charge in [0.25, 0.3) is 0 Å². The third kappa shape index (κ3) is 25.5. The molecule has 0 aromatic carbocycles. The topological polar surface area (TPSA) is 249 Å². The van der Waals surface area contributed by atoms with Gasteiger partial charge in [0.15, 0.2) is 0 Å². The molecule has 0 aliphatic heterocycles. The minimum absolute atomic E-state index is 0.0244. The van der Waals surface area contributed by atoms with Gasteiger partial charge in [-0.05, 0) is 64.1 Å². The molecule has 0 fully saturated rings. The van der Waals surface area contributed by atoms with Crippen LogP contribution in [0.1, 0.15) is 148 Å². The Morgan fingerprint density at radius 1 is 0.521 bits per heavy atom. The molecule has 0 spiro atoms. The summed E-state index contributed by atoms with van der Waals surface area (Å²) in [6, 6.07) is -3.52. The first kappa shape index (κ1) is 44.5. The van der Waals surface area contributed by atoms with Gasteiger partial charge in [0.1, 0.15) is 18.1 Å². The number of nitrogens with one attached hydrogen (secondary N) is 4. The number of carboxylic acid groups (broad SMARTS) is 3. The van der Waals surface area contributed by atoms with Gasteiger partial charge >= 0.3 is 17.9 Å². The van der Waals surface area contributed by atoms with E-state index in [1.807, 2.05) is 0 Å². The highest BCUT2D eigenvalue weighted by molar-refractivity contribution is 5.90. The molecule has 276 valence electrons. The zero-order valence-corrected chi connectivity index (χ0v) is 28.6. The molecule has 3 atom stereocenters. The normalized spacial score (nSPS) is 12.8. The fourth-order valence-corrected chi connectivity index (χ4v) is 5.29. The lowest BCUT2D eigenvalue weighted by Crippen LogP contribution is -2.51. The van der Waals surface area contributed by atoms with E-state index in [9.17, 15) is 39.0 Å². The summed E-state index contributed by atoms with van der Waals surface area (Å²) in [5, 5.41) is 42.1. The Hall–Kier alpha value is -3.55. The Kier molecular flexibility index (Phi) is 27.4. The average molecular weight is 684 g/mol. The van der Waals surface area contributed by atoms with E-state index in [-0.39, 0.29) is 44.9 Å². The maximum atomic E-state index is 12.8. The van der Waals surface area contributed by atoms with Crippen LogP contribution in [0.25, 0.3) is 0 Å². The van der Waals surface area contributed by atoms with Crippen LogP contribution in [0.2, 0.25) is 0 Å². The van der Waals surface area contributed by atoms with E-state index in [2.05, 4.69) is 16.0 Å². The number of rotatable bonds is 33. The van der Waals surface area contributed by atoms with E-state index >= 15 is 0 Å². The number of unbranched alkanes of at least 4 members (excludes halogenated alkanes) is 14. The van der Waals surface area contributed by atoms with Crippen LogP contribution in [0.5, 0.6) is 0 Å². The standard InChI is InChI=1S/C34H61N5O9/c35-24-16-15-18-26(32(44)39-27(33(45)46)19-17-25-36)37-30(41)23-22-28(34(47)48)38-29(40)20-13-11-9-7-5-3-1-2-4-6-8-10-12-14-21-31(42)43/h25-28,36H,1-24,35H2,(H,37,41)(H,38,40)(H,39,44)(H,42,43)(H,45,46)(H,47,48). The highest BCUT2D eigenvalue weighted by atomic mass is 16.4. The lowest BCUT2D eigenvalue weighted by atomic mass is 10.0. The fourth-order valence-electron chi connectivity index (χ4n) is 5.29. The van der Waals surface area contributed by atoms with Crippen molar-refractivity contribution in [1.82, 2.24) is 16.0 Å². The molecule has 0 aromatic heterocycles. The number of hydrogen-bond acceptors (Lipinski definition) is 8. The predicted molar refractivity (Wildman–Crippen MR) is 183 cm³/mol. The molecule has 14 nitrogen and oxygen atoms in total. The van der Waals surface area contributed by atoms with Gasteiger partial charge in [-0.3, -0.25) is 19.2 Å². The number of amides is 3. The zero-order chi connectivity index (χ0) is 36.0. The molecule has 3 unspecified atom stereocenters. The molecule has 14 heteroatoms. The molecular formula is C34H61N5O9. The Morgan fingerprint density at radius 2 is 0.958 bits per heavy atom. The number of aliphatic carboxylic acids is 3. The van der Waals surface area contributed by atoms with Gasteiger partial charge in [0, 0.05) is 19.3 Å². The van der Waals surface area contributed by atoms with Crippen LogP contribution in [0.15, 0.2) is 0 Å². The molecule has 9 N–H and O–H groups in total. The van der Waals surface area contributed by atoms with E-state index in [0.29, 0.717) is 25.8 Å². The molecule has 48 heavy (non-hydrogen) atoms. The number of carbonyl (C=O) groups is 6. The third-order valence-electron chi connectivity index (χ3n) is 8.15. The van der Waals surface area contributed by atoms with Crippen LogP contribution < -0.4 is 21.7 Å². The molecule has 0 radical (unpaired) electrons. The molecule has 0 aliphatic rings. The highest BCUT2D eigenvalue weighted by Crippen LogP contribution is 2.14. The predicted octanol–water partition coefficient (Wildman–Crippen LogP) is 4.28. The first-order valence-electron chi connectivity index (χ1n) is 17.8. The highest BCUT2D eigenvalue weighted by Gasteiger charge is 2.27. The number of hydrogen-bond donors (Lipinski definition) is 8. The quantitative estimate of drug-likeness (QED) is 0.0360. The second kappa shape index (κ2) is 29.6. The van der Waals surface area contributed by atoms with Crippen molar-refractivity contribution < 1.29 is 44.1 Å². The molecular weight excluding hydrogens is 622 g/mol. The van der Waals surface area contributed by atoms with Gasteiger partial charge in [-0.2, -0.15) is 0 Å². The summed E-state index contributed by atoms with van der Waals surface area (Å²) >= 11 is 0. The SMILES string of the molecule is N=CCCC(NC(=O)C(CCCCN)NC(=O)CCC(NC(=O)CCCCCCCCCCCCCCCCC(=O)O)C(=O)O)C(=O)O. The van der Waals surface area contributed by atoms with Gasteiger partial charge in [-0.15, -0.1) is 0 Å². The van der Waals surface area contributed by atoms with E-state index in [0.717, 1.165) is 51.2 Å². The third-order valence-corrected chi connectivity index (χ3v) is 8.15. The van der Waals surface area contributed by atoms with Gasteiger partial charge < -0.3 is 42.4 Å². The zero-order valence-electron chi connectivity index (χ0n) is 28.6. The summed E-state index contributed by atoms with van der Waals surface area (Å²) in [5.74, 6) is -4.92. The van der Waals surface area contributed by atoms with Crippen molar-refractivity contribution in [3.63, 3.8) is 0 Å². The summed E-state index contributed by atoms with van der Waals surface area (Å²) in [4.78, 5) is 71.6. The minimum atomic E-state index is -1.26. The molecule has 0 aromatic rings. The Bertz CT molecular complexity index is 963. The molecule has 0 rings (SSSR count). The maximum absolute atomic E-state index is 12.8. The summed E-state index contributed by atoms with van der Waals surface area (Å²) in [6.45, 7) is 0.377. The summed E-state index contributed by atoms with van der Waals surface area (Å²) < 4.78 is 0. The molecule has 0 aliphatic carbocycles. The van der Waals surface area contributed by atoms with Gasteiger partial charge in [-0.25, -0.2) is 9.59 Å². The van der Waals surface area contributed by atoms with Crippen molar-refractivity contribution in [3.05, 3.63) is 0 Å². The van der Waals surface area contributed by atoms with Crippen molar-refractivity contribution in [2.75, 3.05) is 6.54 Å². The van der Waals surface area contributed by atoms with E-state index in [1.165, 1.54) is 38.5 Å². The molecule has 0 saturated carbocycles. The Morgan fingerprint density at radius 3 is 1.42 bits per heavy atom. The first-order valence-corrected chi connectivity index (χ1v) is 17.8. The molecule has 0 heterocycles. The van der Waals surface area contributed by atoms with Crippen molar-refractivity contribution in [2.24, 2.45) is 5.73 Å². The summed E-state index contributed by atoms with van der Waals surface area (Å²) in [5.41, 5.74) is 5.53. The van der Waals surface area contributed by atoms with Crippen LogP contribution in [0.3, 0.4) is 0 Å². The first-order chi connectivity index (χ1) is 23.0. The van der Waals surface area contributed by atoms with Gasteiger partial charge in [0.2, 0.25) is 17.7 Å². The molecule has 0 saturated heterocycles. The van der Waals surface area contributed by atoms with Crippen LogP contribution in [0, 0.1) is 5.41 Å². The second-order valence-corrected chi connectivity index (χ2v) is 12.4. The van der Waals surface area contributed by atoms with Crippen molar-refractivity contribution in [2.45, 2.75) is 166 Å².